The lowest BCUT2D eigenvalue weighted by atomic mass is 10.2. The highest BCUT2D eigenvalue weighted by Crippen LogP contribution is 2.13. The summed E-state index contributed by atoms with van der Waals surface area (Å²) in [5.41, 5.74) is 0.929. The molecule has 0 bridgehead atoms. The van der Waals surface area contributed by atoms with Crippen LogP contribution in [0.1, 0.15) is 12.0 Å². The van der Waals surface area contributed by atoms with Crippen LogP contribution in [0.3, 0.4) is 0 Å². The maximum Gasteiger partial charge on any atom is 0.407 e. The van der Waals surface area contributed by atoms with Gasteiger partial charge in [-0.05, 0) is 30.2 Å². The maximum absolute atomic E-state index is 12.0. The molecule has 2 atom stereocenters. The second kappa shape index (κ2) is 7.68. The van der Waals surface area contributed by atoms with Crippen molar-refractivity contribution in [3.05, 3.63) is 40.9 Å². The minimum Gasteiger partial charge on any atom is -0.443 e. The zero-order chi connectivity index (χ0) is 16.9. The number of carbonyl (C=O) groups is 2. The third-order valence-electron chi connectivity index (χ3n) is 4.13. The molecule has 3 rings (SSSR count). The number of nitrogens with zero attached hydrogens (tertiary/aromatic N) is 1. The summed E-state index contributed by atoms with van der Waals surface area (Å²) in [5.74, 6) is -0.106. The summed E-state index contributed by atoms with van der Waals surface area (Å²) in [4.78, 5) is 25.2. The van der Waals surface area contributed by atoms with Crippen LogP contribution in [0.2, 0.25) is 5.02 Å². The number of halogens is 1. The van der Waals surface area contributed by atoms with E-state index in [0.29, 0.717) is 18.1 Å². The first kappa shape index (κ1) is 16.8. The van der Waals surface area contributed by atoms with Crippen molar-refractivity contribution in [2.24, 2.45) is 0 Å². The molecule has 0 spiro atoms. The van der Waals surface area contributed by atoms with Crippen molar-refractivity contribution in [3.8, 4) is 0 Å². The van der Waals surface area contributed by atoms with Crippen molar-refractivity contribution < 1.29 is 14.3 Å². The highest BCUT2D eigenvalue weighted by atomic mass is 35.5. The molecule has 2 N–H and O–H groups in total. The van der Waals surface area contributed by atoms with E-state index >= 15 is 0 Å². The molecular formula is C17H20ClN3O3. The molecule has 24 heavy (non-hydrogen) atoms. The van der Waals surface area contributed by atoms with Gasteiger partial charge in [0, 0.05) is 36.8 Å². The fraction of sp³-hybridized carbons (Fsp3) is 0.412. The number of carbonyl (C=O) groups excluding carboxylic acids is 2. The molecular weight excluding hydrogens is 330 g/mol. The minimum absolute atomic E-state index is 0.100. The molecule has 2 heterocycles. The van der Waals surface area contributed by atoms with Crippen LogP contribution in [-0.4, -0.2) is 55.2 Å². The number of likely N-dealkylation sites (tertiary alicyclic amines) is 1. The lowest BCUT2D eigenvalue weighted by Gasteiger charge is -2.18. The summed E-state index contributed by atoms with van der Waals surface area (Å²) in [7, 11) is 0. The van der Waals surface area contributed by atoms with Crippen molar-refractivity contribution in [3.63, 3.8) is 0 Å². The van der Waals surface area contributed by atoms with Gasteiger partial charge in [-0.1, -0.05) is 23.7 Å². The number of rotatable bonds is 5. The van der Waals surface area contributed by atoms with Gasteiger partial charge in [-0.2, -0.15) is 0 Å². The van der Waals surface area contributed by atoms with Crippen molar-refractivity contribution >= 4 is 29.7 Å². The Kier molecular flexibility index (Phi) is 5.37. The van der Waals surface area contributed by atoms with Gasteiger partial charge in [-0.25, -0.2) is 4.79 Å². The lowest BCUT2D eigenvalue weighted by molar-refractivity contribution is -0.117. The largest absolute Gasteiger partial charge is 0.443 e. The molecule has 1 unspecified atom stereocenters. The SMILES string of the molecule is O=C(/C=C/c1ccc(Cl)cc1)N[C@H]1CCN(CC2CNC(=O)O2)C1. The van der Waals surface area contributed by atoms with Gasteiger partial charge in [-0.3, -0.25) is 9.69 Å². The van der Waals surface area contributed by atoms with Crippen LogP contribution in [0.4, 0.5) is 4.79 Å². The van der Waals surface area contributed by atoms with Crippen LogP contribution < -0.4 is 10.6 Å². The molecule has 2 fully saturated rings. The van der Waals surface area contributed by atoms with Crippen LogP contribution >= 0.6 is 11.6 Å². The molecule has 0 aromatic heterocycles. The van der Waals surface area contributed by atoms with E-state index in [2.05, 4.69) is 15.5 Å². The number of alkyl carbamates (subject to hydrolysis) is 1. The third-order valence-corrected chi connectivity index (χ3v) is 4.38. The number of cyclic esters (lactones) is 1. The van der Waals surface area contributed by atoms with Crippen molar-refractivity contribution in [2.75, 3.05) is 26.2 Å². The second-order valence-corrected chi connectivity index (χ2v) is 6.48. The number of hydrogen-bond acceptors (Lipinski definition) is 4. The summed E-state index contributed by atoms with van der Waals surface area (Å²) < 4.78 is 5.14. The van der Waals surface area contributed by atoms with E-state index in [4.69, 9.17) is 16.3 Å². The molecule has 1 aromatic rings. The molecule has 1 aromatic carbocycles. The van der Waals surface area contributed by atoms with E-state index in [-0.39, 0.29) is 24.1 Å². The number of amides is 2. The number of ether oxygens (including phenoxy) is 1. The fourth-order valence-electron chi connectivity index (χ4n) is 2.93. The molecule has 2 saturated heterocycles. The van der Waals surface area contributed by atoms with Gasteiger partial charge in [-0.15, -0.1) is 0 Å². The van der Waals surface area contributed by atoms with Crippen molar-refractivity contribution in [2.45, 2.75) is 18.6 Å². The normalized spacial score (nSPS) is 24.1. The third kappa shape index (κ3) is 4.72. The zero-order valence-electron chi connectivity index (χ0n) is 13.2. The summed E-state index contributed by atoms with van der Waals surface area (Å²) >= 11 is 5.83. The molecule has 0 aliphatic carbocycles. The van der Waals surface area contributed by atoms with Crippen LogP contribution in [0, 0.1) is 0 Å². The molecule has 0 radical (unpaired) electrons. The van der Waals surface area contributed by atoms with Gasteiger partial charge in [0.1, 0.15) is 6.10 Å². The summed E-state index contributed by atoms with van der Waals surface area (Å²) in [6.45, 7) is 2.91. The topological polar surface area (TPSA) is 70.7 Å². The van der Waals surface area contributed by atoms with Gasteiger partial charge in [0.05, 0.1) is 6.54 Å². The summed E-state index contributed by atoms with van der Waals surface area (Å²) in [6.07, 6.45) is 3.75. The number of benzene rings is 1. The Hall–Kier alpha value is -2.05. The fourth-order valence-corrected chi connectivity index (χ4v) is 3.06. The average Bonchev–Trinajstić information content (AvgIpc) is 3.16. The van der Waals surface area contributed by atoms with Crippen LogP contribution in [0.25, 0.3) is 6.08 Å². The monoisotopic (exact) mass is 349 g/mol. The molecule has 7 heteroatoms. The van der Waals surface area contributed by atoms with E-state index < -0.39 is 0 Å². The number of hydrogen-bond donors (Lipinski definition) is 2. The van der Waals surface area contributed by atoms with Gasteiger partial charge in [0.25, 0.3) is 0 Å². The van der Waals surface area contributed by atoms with Crippen LogP contribution in [-0.2, 0) is 9.53 Å². The summed E-state index contributed by atoms with van der Waals surface area (Å²) in [5, 5.41) is 6.33. The predicted octanol–water partition coefficient (Wildman–Crippen LogP) is 1.65. The van der Waals surface area contributed by atoms with Crippen LogP contribution in [0.5, 0.6) is 0 Å². The van der Waals surface area contributed by atoms with E-state index in [1.54, 1.807) is 18.2 Å². The van der Waals surface area contributed by atoms with Crippen molar-refractivity contribution in [1.82, 2.24) is 15.5 Å². The van der Waals surface area contributed by atoms with Gasteiger partial charge in [0.15, 0.2) is 0 Å². The maximum atomic E-state index is 12.0. The molecule has 128 valence electrons. The van der Waals surface area contributed by atoms with Crippen LogP contribution in [0.15, 0.2) is 30.3 Å². The Balaban J connectivity index is 1.42. The number of nitrogens with one attached hydrogen (secondary N) is 2. The quantitative estimate of drug-likeness (QED) is 0.793. The molecule has 2 aliphatic rings. The smallest absolute Gasteiger partial charge is 0.407 e. The minimum atomic E-state index is -0.351. The van der Waals surface area contributed by atoms with E-state index in [1.807, 2.05) is 12.1 Å². The zero-order valence-corrected chi connectivity index (χ0v) is 14.0. The first-order chi connectivity index (χ1) is 11.6. The van der Waals surface area contributed by atoms with Gasteiger partial charge in [0.2, 0.25) is 5.91 Å². The second-order valence-electron chi connectivity index (χ2n) is 6.05. The van der Waals surface area contributed by atoms with E-state index in [9.17, 15) is 9.59 Å². The molecule has 6 nitrogen and oxygen atoms in total. The summed E-state index contributed by atoms with van der Waals surface area (Å²) in [6, 6.07) is 7.43. The highest BCUT2D eigenvalue weighted by Gasteiger charge is 2.29. The Morgan fingerprint density at radius 1 is 1.42 bits per heavy atom. The Morgan fingerprint density at radius 2 is 2.21 bits per heavy atom. The first-order valence-corrected chi connectivity index (χ1v) is 8.37. The average molecular weight is 350 g/mol. The Morgan fingerprint density at radius 3 is 2.92 bits per heavy atom. The lowest BCUT2D eigenvalue weighted by Crippen LogP contribution is -2.38. The van der Waals surface area contributed by atoms with E-state index in [0.717, 1.165) is 25.1 Å². The predicted molar refractivity (Wildman–Crippen MR) is 91.7 cm³/mol. The standard InChI is InChI=1S/C17H20ClN3O3/c18-13-4-1-12(2-5-13)3-6-16(22)20-14-7-8-21(10-14)11-15-9-19-17(23)24-15/h1-6,14-15H,7-11H2,(H,19,23)(H,20,22)/b6-3+/t14-,15?/m0/s1. The highest BCUT2D eigenvalue weighted by molar-refractivity contribution is 6.30. The molecule has 0 saturated carbocycles. The Labute approximate surface area is 145 Å². The molecule has 2 aliphatic heterocycles. The first-order valence-electron chi connectivity index (χ1n) is 7.99. The van der Waals surface area contributed by atoms with Crippen molar-refractivity contribution in [1.29, 1.82) is 0 Å². The van der Waals surface area contributed by atoms with E-state index in [1.165, 1.54) is 6.08 Å². The Bertz CT molecular complexity index is 632. The van der Waals surface area contributed by atoms with Gasteiger partial charge >= 0.3 is 6.09 Å². The molecule has 2 amide bonds. The van der Waals surface area contributed by atoms with Gasteiger partial charge < -0.3 is 15.4 Å².